The van der Waals surface area contributed by atoms with Crippen LogP contribution in [0.2, 0.25) is 0 Å². The zero-order valence-electron chi connectivity index (χ0n) is 5.59. The Balaban J connectivity index is 0.000000810. The summed E-state index contributed by atoms with van der Waals surface area (Å²) in [5.74, 6) is 0. The molecule has 0 saturated carbocycles. The molecule has 0 amide bonds. The summed E-state index contributed by atoms with van der Waals surface area (Å²) in [6, 6.07) is 0.483. The molecular weight excluding hydrogens is 132 g/mol. The molecule has 0 saturated heterocycles. The lowest BCUT2D eigenvalue weighted by atomic mass is 10.4. The molecule has 0 unspecified atom stereocenters. The van der Waals surface area contributed by atoms with Crippen molar-refractivity contribution in [2.45, 2.75) is 19.9 Å². The molecule has 0 bridgehead atoms. The quantitative estimate of drug-likeness (QED) is 0.688. The molecule has 0 aliphatic rings. The van der Waals surface area contributed by atoms with Crippen LogP contribution in [0, 0.1) is 0 Å². The van der Waals surface area contributed by atoms with Crippen LogP contribution in [0.25, 0.3) is 0 Å². The van der Waals surface area contributed by atoms with Crippen LogP contribution >= 0.6 is 11.3 Å². The molecule has 0 aromatic carbocycles. The second-order valence-corrected chi connectivity index (χ2v) is 3.03. The standard InChI is InChI=1S/C6H10N2S.H2/c1-5(2)8-6-7-3-4-9-6;/h3-5H,1-2H3,(H,7,8);1H. The molecule has 3 heteroatoms. The number of hydrogen-bond donors (Lipinski definition) is 1. The van der Waals surface area contributed by atoms with Crippen LogP contribution in [-0.4, -0.2) is 11.0 Å². The normalized spacial score (nSPS) is 10.1. The number of anilines is 1. The van der Waals surface area contributed by atoms with Gasteiger partial charge in [0.25, 0.3) is 0 Å². The summed E-state index contributed by atoms with van der Waals surface area (Å²) in [4.78, 5) is 4.06. The van der Waals surface area contributed by atoms with Crippen LogP contribution in [0.5, 0.6) is 0 Å². The van der Waals surface area contributed by atoms with Crippen molar-refractivity contribution in [3.63, 3.8) is 0 Å². The van der Waals surface area contributed by atoms with Crippen molar-refractivity contribution in [3.05, 3.63) is 11.6 Å². The fourth-order valence-corrected chi connectivity index (χ4v) is 1.22. The van der Waals surface area contributed by atoms with E-state index in [1.165, 1.54) is 0 Å². The number of nitrogens with zero attached hydrogens (tertiary/aromatic N) is 1. The first-order chi connectivity index (χ1) is 4.29. The third-order valence-corrected chi connectivity index (χ3v) is 1.55. The van der Waals surface area contributed by atoms with E-state index in [-0.39, 0.29) is 1.43 Å². The first-order valence-electron chi connectivity index (χ1n) is 2.95. The fraction of sp³-hybridized carbons (Fsp3) is 0.500. The van der Waals surface area contributed by atoms with Gasteiger partial charge in [-0.05, 0) is 13.8 Å². The van der Waals surface area contributed by atoms with Crippen molar-refractivity contribution < 1.29 is 1.43 Å². The van der Waals surface area contributed by atoms with Gasteiger partial charge in [0.05, 0.1) is 0 Å². The van der Waals surface area contributed by atoms with E-state index in [0.29, 0.717) is 6.04 Å². The Hall–Kier alpha value is -0.570. The predicted octanol–water partition coefficient (Wildman–Crippen LogP) is 2.21. The topological polar surface area (TPSA) is 24.9 Å². The van der Waals surface area contributed by atoms with Crippen molar-refractivity contribution in [2.75, 3.05) is 5.32 Å². The van der Waals surface area contributed by atoms with Gasteiger partial charge in [-0.1, -0.05) is 0 Å². The smallest absolute Gasteiger partial charge is 0.182 e. The maximum absolute atomic E-state index is 4.06. The van der Waals surface area contributed by atoms with E-state index >= 15 is 0 Å². The lowest BCUT2D eigenvalue weighted by molar-refractivity contribution is 0.896. The van der Waals surface area contributed by atoms with E-state index in [4.69, 9.17) is 0 Å². The van der Waals surface area contributed by atoms with Crippen LogP contribution in [0.3, 0.4) is 0 Å². The molecular formula is C6H12N2S. The number of nitrogens with one attached hydrogen (secondary N) is 1. The Kier molecular flexibility index (Phi) is 2.05. The minimum absolute atomic E-state index is 0. The van der Waals surface area contributed by atoms with Gasteiger partial charge >= 0.3 is 0 Å². The second kappa shape index (κ2) is 2.82. The molecule has 0 fully saturated rings. The SMILES string of the molecule is CC(C)Nc1nccs1.[HH]. The molecule has 0 spiro atoms. The molecule has 9 heavy (non-hydrogen) atoms. The van der Waals surface area contributed by atoms with Crippen molar-refractivity contribution >= 4 is 16.5 Å². The van der Waals surface area contributed by atoms with Gasteiger partial charge in [-0.3, -0.25) is 0 Å². The largest absolute Gasteiger partial charge is 0.359 e. The summed E-state index contributed by atoms with van der Waals surface area (Å²) in [7, 11) is 0. The van der Waals surface area contributed by atoms with Crippen LogP contribution in [0.15, 0.2) is 11.6 Å². The Morgan fingerprint density at radius 1 is 1.78 bits per heavy atom. The van der Waals surface area contributed by atoms with Gasteiger partial charge in [0.15, 0.2) is 5.13 Å². The minimum Gasteiger partial charge on any atom is -0.359 e. The van der Waals surface area contributed by atoms with Crippen molar-refractivity contribution in [2.24, 2.45) is 0 Å². The van der Waals surface area contributed by atoms with Crippen LogP contribution in [-0.2, 0) is 0 Å². The summed E-state index contributed by atoms with van der Waals surface area (Å²) < 4.78 is 0. The van der Waals surface area contributed by atoms with Gasteiger partial charge in [-0.25, -0.2) is 4.98 Å². The van der Waals surface area contributed by atoms with E-state index in [9.17, 15) is 0 Å². The Labute approximate surface area is 60.4 Å². The first-order valence-corrected chi connectivity index (χ1v) is 3.83. The molecule has 0 atom stereocenters. The summed E-state index contributed by atoms with van der Waals surface area (Å²) >= 11 is 1.63. The molecule has 1 N–H and O–H groups in total. The summed E-state index contributed by atoms with van der Waals surface area (Å²) in [5.41, 5.74) is 0. The lowest BCUT2D eigenvalue weighted by Crippen LogP contribution is -2.08. The monoisotopic (exact) mass is 144 g/mol. The molecule has 1 heterocycles. The van der Waals surface area contributed by atoms with Gasteiger partial charge in [-0.2, -0.15) is 0 Å². The van der Waals surface area contributed by atoms with E-state index in [2.05, 4.69) is 24.1 Å². The zero-order valence-corrected chi connectivity index (χ0v) is 6.40. The number of thiazole rings is 1. The fourth-order valence-electron chi connectivity index (χ4n) is 0.542. The number of hydrogen-bond acceptors (Lipinski definition) is 3. The summed E-state index contributed by atoms with van der Waals surface area (Å²) in [6.07, 6.45) is 1.80. The molecule has 52 valence electrons. The van der Waals surface area contributed by atoms with E-state index in [1.807, 2.05) is 5.38 Å². The Morgan fingerprint density at radius 3 is 3.00 bits per heavy atom. The predicted molar refractivity (Wildman–Crippen MR) is 43.0 cm³/mol. The van der Waals surface area contributed by atoms with Crippen LogP contribution < -0.4 is 5.32 Å². The van der Waals surface area contributed by atoms with E-state index in [1.54, 1.807) is 17.5 Å². The number of aromatic nitrogens is 1. The van der Waals surface area contributed by atoms with Gasteiger partial charge < -0.3 is 5.32 Å². The van der Waals surface area contributed by atoms with E-state index < -0.39 is 0 Å². The molecule has 0 radical (unpaired) electrons. The highest BCUT2D eigenvalue weighted by atomic mass is 32.1. The van der Waals surface area contributed by atoms with Crippen LogP contribution in [0.4, 0.5) is 5.13 Å². The molecule has 1 rings (SSSR count). The highest BCUT2D eigenvalue weighted by Crippen LogP contribution is 2.10. The Bertz CT molecular complexity index is 162. The third-order valence-electron chi connectivity index (χ3n) is 0.844. The van der Waals surface area contributed by atoms with Crippen molar-refractivity contribution in [1.82, 2.24) is 4.98 Å². The number of rotatable bonds is 2. The maximum atomic E-state index is 4.06. The van der Waals surface area contributed by atoms with Gasteiger partial charge in [0, 0.05) is 19.0 Å². The molecule has 0 aliphatic heterocycles. The van der Waals surface area contributed by atoms with Crippen LogP contribution in [0.1, 0.15) is 15.3 Å². The van der Waals surface area contributed by atoms with Gasteiger partial charge in [0.1, 0.15) is 0 Å². The maximum Gasteiger partial charge on any atom is 0.182 e. The first kappa shape index (κ1) is 6.55. The molecule has 1 aromatic rings. The van der Waals surface area contributed by atoms with Crippen molar-refractivity contribution in [1.29, 1.82) is 0 Å². The molecule has 1 aromatic heterocycles. The average molecular weight is 144 g/mol. The average Bonchev–Trinajstić information content (AvgIpc) is 2.15. The second-order valence-electron chi connectivity index (χ2n) is 2.14. The lowest BCUT2D eigenvalue weighted by Gasteiger charge is -2.03. The highest BCUT2D eigenvalue weighted by Gasteiger charge is 1.94. The Morgan fingerprint density at radius 2 is 2.56 bits per heavy atom. The van der Waals surface area contributed by atoms with Crippen molar-refractivity contribution in [3.8, 4) is 0 Å². The van der Waals surface area contributed by atoms with E-state index in [0.717, 1.165) is 5.13 Å². The third kappa shape index (κ3) is 2.01. The zero-order chi connectivity index (χ0) is 6.69. The minimum atomic E-state index is 0. The highest BCUT2D eigenvalue weighted by molar-refractivity contribution is 7.13. The van der Waals surface area contributed by atoms with Gasteiger partial charge in [-0.15, -0.1) is 11.3 Å². The molecule has 0 aliphatic carbocycles. The summed E-state index contributed by atoms with van der Waals surface area (Å²) in [6.45, 7) is 4.20. The molecule has 2 nitrogen and oxygen atoms in total. The summed E-state index contributed by atoms with van der Waals surface area (Å²) in [5, 5.41) is 6.16. The van der Waals surface area contributed by atoms with Gasteiger partial charge in [0.2, 0.25) is 0 Å².